The number of amides is 1. The highest BCUT2D eigenvalue weighted by atomic mass is 16.1. The van der Waals surface area contributed by atoms with Crippen molar-refractivity contribution in [1.29, 1.82) is 0 Å². The Morgan fingerprint density at radius 1 is 1.37 bits per heavy atom. The van der Waals surface area contributed by atoms with Gasteiger partial charge in [0.15, 0.2) is 0 Å². The second-order valence-corrected chi connectivity index (χ2v) is 7.14. The molecule has 1 aromatic carbocycles. The van der Waals surface area contributed by atoms with Crippen molar-refractivity contribution in [1.82, 2.24) is 20.3 Å². The van der Waals surface area contributed by atoms with Crippen LogP contribution < -0.4 is 10.2 Å². The van der Waals surface area contributed by atoms with Crippen LogP contribution >= 0.6 is 0 Å². The summed E-state index contributed by atoms with van der Waals surface area (Å²) in [5.41, 5.74) is 4.00. The number of imidazole rings is 1. The summed E-state index contributed by atoms with van der Waals surface area (Å²) in [6, 6.07) is 9.88. The zero-order valence-corrected chi connectivity index (χ0v) is 15.8. The summed E-state index contributed by atoms with van der Waals surface area (Å²) in [5, 5.41) is 2.85. The number of hydrogen-bond acceptors (Lipinski definition) is 4. The van der Waals surface area contributed by atoms with Crippen LogP contribution in [0.2, 0.25) is 0 Å². The van der Waals surface area contributed by atoms with Crippen molar-refractivity contribution in [2.24, 2.45) is 0 Å². The fourth-order valence-corrected chi connectivity index (χ4v) is 3.79. The van der Waals surface area contributed by atoms with Crippen molar-refractivity contribution in [3.8, 4) is 0 Å². The lowest BCUT2D eigenvalue weighted by atomic mass is 9.97. The Balaban J connectivity index is 1.56. The van der Waals surface area contributed by atoms with Crippen LogP contribution in [0.3, 0.4) is 0 Å². The van der Waals surface area contributed by atoms with Gasteiger partial charge in [0.25, 0.3) is 5.91 Å². The van der Waals surface area contributed by atoms with Crippen molar-refractivity contribution in [2.45, 2.75) is 32.6 Å². The van der Waals surface area contributed by atoms with Crippen LogP contribution in [-0.2, 0) is 0 Å². The van der Waals surface area contributed by atoms with Gasteiger partial charge in [0.1, 0.15) is 11.6 Å². The number of anilines is 1. The van der Waals surface area contributed by atoms with Gasteiger partial charge in [-0.15, -0.1) is 0 Å². The second kappa shape index (κ2) is 7.39. The Morgan fingerprint density at radius 3 is 3.07 bits per heavy atom. The maximum atomic E-state index is 12.1. The van der Waals surface area contributed by atoms with Crippen LogP contribution in [0.15, 0.2) is 36.5 Å². The molecule has 2 N–H and O–H groups in total. The molecule has 0 radical (unpaired) electrons. The molecule has 0 saturated carbocycles. The number of fused-ring (bicyclic) bond motifs is 1. The number of para-hydroxylation sites is 1. The van der Waals surface area contributed by atoms with Crippen molar-refractivity contribution < 1.29 is 4.79 Å². The van der Waals surface area contributed by atoms with Crippen LogP contribution in [0.25, 0.3) is 11.0 Å². The van der Waals surface area contributed by atoms with Crippen LogP contribution in [0.5, 0.6) is 0 Å². The van der Waals surface area contributed by atoms with E-state index in [-0.39, 0.29) is 5.91 Å². The highest BCUT2D eigenvalue weighted by molar-refractivity contribution is 5.94. The number of carbonyl (C=O) groups is 1. The highest BCUT2D eigenvalue weighted by Gasteiger charge is 2.25. The first-order chi connectivity index (χ1) is 13.2. The topological polar surface area (TPSA) is 73.9 Å². The lowest BCUT2D eigenvalue weighted by Crippen LogP contribution is -2.35. The van der Waals surface area contributed by atoms with E-state index in [0.29, 0.717) is 18.0 Å². The minimum absolute atomic E-state index is 0.0533. The maximum Gasteiger partial charge on any atom is 0.251 e. The van der Waals surface area contributed by atoms with Gasteiger partial charge in [0, 0.05) is 37.3 Å². The molecule has 0 aliphatic carbocycles. The molecule has 1 aliphatic heterocycles. The van der Waals surface area contributed by atoms with Crippen LogP contribution in [0.1, 0.15) is 47.4 Å². The van der Waals surface area contributed by atoms with Crippen molar-refractivity contribution in [3.63, 3.8) is 0 Å². The molecule has 1 saturated heterocycles. The number of piperidine rings is 1. The number of aryl methyl sites for hydroxylation is 1. The summed E-state index contributed by atoms with van der Waals surface area (Å²) in [4.78, 5) is 27.3. The van der Waals surface area contributed by atoms with Gasteiger partial charge in [0.05, 0.1) is 11.0 Å². The first-order valence-electron chi connectivity index (χ1n) is 9.60. The van der Waals surface area contributed by atoms with Gasteiger partial charge in [-0.05, 0) is 50.5 Å². The predicted octanol–water partition coefficient (Wildman–Crippen LogP) is 3.40. The van der Waals surface area contributed by atoms with Gasteiger partial charge >= 0.3 is 0 Å². The van der Waals surface area contributed by atoms with Gasteiger partial charge in [-0.25, -0.2) is 9.97 Å². The normalized spacial score (nSPS) is 17.3. The summed E-state index contributed by atoms with van der Waals surface area (Å²) in [6.45, 7) is 6.43. The lowest BCUT2D eigenvalue weighted by Gasteiger charge is -2.32. The van der Waals surface area contributed by atoms with E-state index >= 15 is 0 Å². The first kappa shape index (κ1) is 17.5. The fraction of sp³-hybridized carbons (Fsp3) is 0.381. The Labute approximate surface area is 159 Å². The molecule has 0 bridgehead atoms. The average molecular weight is 363 g/mol. The number of aromatic amines is 1. The summed E-state index contributed by atoms with van der Waals surface area (Å²) >= 11 is 0. The molecular weight excluding hydrogens is 338 g/mol. The van der Waals surface area contributed by atoms with Crippen LogP contribution in [0, 0.1) is 6.92 Å². The van der Waals surface area contributed by atoms with E-state index in [0.717, 1.165) is 48.6 Å². The number of carbonyl (C=O) groups excluding carboxylic acids is 1. The van der Waals surface area contributed by atoms with Gasteiger partial charge in [-0.3, -0.25) is 4.79 Å². The van der Waals surface area contributed by atoms with E-state index in [4.69, 9.17) is 4.98 Å². The molecule has 27 heavy (non-hydrogen) atoms. The van der Waals surface area contributed by atoms with Crippen molar-refractivity contribution >= 4 is 22.8 Å². The standard InChI is InChI=1S/C21H25N5O/c1-3-22-21(27)15-9-10-23-18(12-15)26-11-5-7-16(13-26)20-24-17-8-4-6-14(2)19(17)25-20/h4,6,8-10,12,16H,3,5,7,11,13H2,1-2H3,(H,22,27)(H,24,25)/t16-/m0/s1. The smallest absolute Gasteiger partial charge is 0.251 e. The number of hydrogen-bond donors (Lipinski definition) is 2. The monoisotopic (exact) mass is 363 g/mol. The van der Waals surface area contributed by atoms with Crippen molar-refractivity contribution in [3.05, 3.63) is 53.5 Å². The molecule has 3 aromatic rings. The number of H-pyrrole nitrogens is 1. The third-order valence-corrected chi connectivity index (χ3v) is 5.21. The number of benzene rings is 1. The summed E-state index contributed by atoms with van der Waals surface area (Å²) in [5.74, 6) is 2.18. The molecule has 3 heterocycles. The zero-order valence-electron chi connectivity index (χ0n) is 15.8. The van der Waals surface area contributed by atoms with E-state index in [2.05, 4.69) is 45.3 Å². The minimum Gasteiger partial charge on any atom is -0.356 e. The molecule has 140 valence electrons. The summed E-state index contributed by atoms with van der Waals surface area (Å²) in [6.07, 6.45) is 3.90. The molecule has 0 unspecified atom stereocenters. The van der Waals surface area contributed by atoms with Crippen LogP contribution in [-0.4, -0.2) is 40.5 Å². The van der Waals surface area contributed by atoms with Crippen LogP contribution in [0.4, 0.5) is 5.82 Å². The van der Waals surface area contributed by atoms with E-state index in [1.165, 1.54) is 5.56 Å². The largest absolute Gasteiger partial charge is 0.356 e. The molecule has 6 nitrogen and oxygen atoms in total. The first-order valence-corrected chi connectivity index (χ1v) is 9.60. The Bertz CT molecular complexity index is 964. The molecule has 1 aliphatic rings. The van der Waals surface area contributed by atoms with Gasteiger partial charge < -0.3 is 15.2 Å². The van der Waals surface area contributed by atoms with E-state index in [1.54, 1.807) is 12.3 Å². The molecule has 1 fully saturated rings. The number of nitrogens with one attached hydrogen (secondary N) is 2. The third kappa shape index (κ3) is 3.52. The van der Waals surface area contributed by atoms with Gasteiger partial charge in [0.2, 0.25) is 0 Å². The molecular formula is C21H25N5O. The highest BCUT2D eigenvalue weighted by Crippen LogP contribution is 2.29. The lowest BCUT2D eigenvalue weighted by molar-refractivity contribution is 0.0955. The Kier molecular flexibility index (Phi) is 4.79. The summed E-state index contributed by atoms with van der Waals surface area (Å²) < 4.78 is 0. The molecule has 1 amide bonds. The number of pyridine rings is 1. The Hall–Kier alpha value is -2.89. The van der Waals surface area contributed by atoms with Gasteiger partial charge in [-0.1, -0.05) is 12.1 Å². The molecule has 4 rings (SSSR count). The molecule has 0 spiro atoms. The van der Waals surface area contributed by atoms with Gasteiger partial charge in [-0.2, -0.15) is 0 Å². The van der Waals surface area contributed by atoms with E-state index in [9.17, 15) is 4.79 Å². The van der Waals surface area contributed by atoms with E-state index < -0.39 is 0 Å². The van der Waals surface area contributed by atoms with E-state index in [1.807, 2.05) is 13.0 Å². The number of nitrogens with zero attached hydrogens (tertiary/aromatic N) is 3. The maximum absolute atomic E-state index is 12.1. The van der Waals surface area contributed by atoms with Crippen molar-refractivity contribution in [2.75, 3.05) is 24.5 Å². The SMILES string of the molecule is CCNC(=O)c1ccnc(N2CCC[C@H](c3nc4c(C)cccc4[nH]3)C2)c1. The predicted molar refractivity (Wildman–Crippen MR) is 107 cm³/mol. The molecule has 2 aromatic heterocycles. The fourth-order valence-electron chi connectivity index (χ4n) is 3.79. The average Bonchev–Trinajstić information content (AvgIpc) is 3.14. The molecule has 6 heteroatoms. The number of aromatic nitrogens is 3. The third-order valence-electron chi connectivity index (χ3n) is 5.21. The quantitative estimate of drug-likeness (QED) is 0.745. The minimum atomic E-state index is -0.0533. The zero-order chi connectivity index (χ0) is 18.8. The Morgan fingerprint density at radius 2 is 2.26 bits per heavy atom. The number of rotatable bonds is 4. The summed E-state index contributed by atoms with van der Waals surface area (Å²) in [7, 11) is 0. The molecule has 1 atom stereocenters. The second-order valence-electron chi connectivity index (χ2n) is 7.14.